The lowest BCUT2D eigenvalue weighted by Gasteiger charge is -2.24. The van der Waals surface area contributed by atoms with Crippen molar-refractivity contribution < 1.29 is 14.3 Å². The van der Waals surface area contributed by atoms with Crippen molar-refractivity contribution in [3.05, 3.63) is 135 Å². The van der Waals surface area contributed by atoms with Crippen molar-refractivity contribution in [2.24, 2.45) is 5.92 Å². The highest BCUT2D eigenvalue weighted by Gasteiger charge is 2.36. The van der Waals surface area contributed by atoms with Crippen LogP contribution >= 0.6 is 0 Å². The van der Waals surface area contributed by atoms with Gasteiger partial charge in [0.1, 0.15) is 12.4 Å². The summed E-state index contributed by atoms with van der Waals surface area (Å²) >= 11 is 0. The van der Waals surface area contributed by atoms with Crippen LogP contribution in [0.15, 0.2) is 102 Å². The van der Waals surface area contributed by atoms with Crippen molar-refractivity contribution in [2.75, 3.05) is 0 Å². The molecule has 0 radical (unpaired) electrons. The molecule has 4 aromatic carbocycles. The Bertz CT molecular complexity index is 1840. The molecule has 2 amide bonds. The minimum Gasteiger partial charge on any atom is -0.489 e. The predicted molar refractivity (Wildman–Crippen MR) is 165 cm³/mol. The van der Waals surface area contributed by atoms with E-state index in [-0.39, 0.29) is 29.8 Å². The summed E-state index contributed by atoms with van der Waals surface area (Å²) in [4.78, 5) is 42.3. The van der Waals surface area contributed by atoms with Gasteiger partial charge in [-0.15, -0.1) is 0 Å². The summed E-state index contributed by atoms with van der Waals surface area (Å²) in [6.45, 7) is 6.93. The van der Waals surface area contributed by atoms with Gasteiger partial charge in [0, 0.05) is 28.6 Å². The number of benzene rings is 4. The monoisotopic (exact) mass is 556 g/mol. The van der Waals surface area contributed by atoms with Crippen molar-refractivity contribution in [1.29, 1.82) is 0 Å². The zero-order valence-electron chi connectivity index (χ0n) is 24.0. The van der Waals surface area contributed by atoms with Gasteiger partial charge < -0.3 is 9.30 Å². The molecule has 0 unspecified atom stereocenters. The number of pyridine rings is 1. The molecule has 0 bridgehead atoms. The average molecular weight is 557 g/mol. The van der Waals surface area contributed by atoms with Gasteiger partial charge in [0.25, 0.3) is 17.4 Å². The normalized spacial score (nSPS) is 12.8. The fraction of sp³-hybridized carbons (Fsp3) is 0.194. The minimum atomic E-state index is -0.353. The van der Waals surface area contributed by atoms with E-state index in [0.29, 0.717) is 41.1 Å². The predicted octanol–water partition coefficient (Wildman–Crippen LogP) is 7.01. The molecule has 6 nitrogen and oxygen atoms in total. The van der Waals surface area contributed by atoms with E-state index in [0.717, 1.165) is 27.6 Å². The average Bonchev–Trinajstić information content (AvgIpc) is 3.24. The molecule has 42 heavy (non-hydrogen) atoms. The highest BCUT2D eigenvalue weighted by molar-refractivity contribution is 6.21. The first-order valence-corrected chi connectivity index (χ1v) is 14.2. The molecule has 6 rings (SSSR count). The number of imide groups is 1. The van der Waals surface area contributed by atoms with Gasteiger partial charge in [-0.25, -0.2) is 0 Å². The van der Waals surface area contributed by atoms with Crippen molar-refractivity contribution in [3.63, 3.8) is 0 Å². The van der Waals surface area contributed by atoms with Crippen LogP contribution in [0.5, 0.6) is 5.75 Å². The Morgan fingerprint density at radius 1 is 0.738 bits per heavy atom. The number of hydrogen-bond acceptors (Lipinski definition) is 4. The number of ether oxygens (including phenoxy) is 1. The maximum atomic E-state index is 14.1. The molecule has 0 saturated heterocycles. The molecule has 0 N–H and O–H groups in total. The van der Waals surface area contributed by atoms with Gasteiger partial charge in [-0.1, -0.05) is 86.1 Å². The van der Waals surface area contributed by atoms with Gasteiger partial charge in [-0.05, 0) is 54.3 Å². The summed E-state index contributed by atoms with van der Waals surface area (Å²) in [5.41, 5.74) is 5.09. The Morgan fingerprint density at radius 3 is 2.02 bits per heavy atom. The maximum absolute atomic E-state index is 14.1. The number of nitrogens with zero attached hydrogens (tertiary/aromatic N) is 2. The van der Waals surface area contributed by atoms with Crippen molar-refractivity contribution in [3.8, 4) is 16.9 Å². The Labute approximate surface area is 244 Å². The molecule has 0 atom stereocenters. The van der Waals surface area contributed by atoms with E-state index in [2.05, 4.69) is 13.8 Å². The van der Waals surface area contributed by atoms with E-state index in [1.54, 1.807) is 28.8 Å². The molecule has 1 aliphatic rings. The van der Waals surface area contributed by atoms with Gasteiger partial charge >= 0.3 is 0 Å². The topological polar surface area (TPSA) is 68.6 Å². The lowest BCUT2D eigenvalue weighted by molar-refractivity contribution is 0.0638. The highest BCUT2D eigenvalue weighted by atomic mass is 16.5. The SMILES string of the molecule is Cc1ccc(-c2c(CN3C(=O)c4ccccc4C3=O)n(CC(C)C)c(=O)c3ccc(OCc4ccccc4)cc23)cc1. The number of aryl methyl sites for hydroxylation is 1. The van der Waals surface area contributed by atoms with Crippen LogP contribution in [0.1, 0.15) is 51.4 Å². The number of hydrogen-bond donors (Lipinski definition) is 0. The first-order valence-electron chi connectivity index (χ1n) is 14.2. The number of carbonyl (C=O) groups is 2. The molecule has 2 heterocycles. The fourth-order valence-corrected chi connectivity index (χ4v) is 5.60. The Hall–Kier alpha value is -4.97. The third kappa shape index (κ3) is 5.00. The molecule has 0 saturated carbocycles. The summed E-state index contributed by atoms with van der Waals surface area (Å²) in [5.74, 6) is 0.0796. The van der Waals surface area contributed by atoms with E-state index >= 15 is 0 Å². The maximum Gasteiger partial charge on any atom is 0.261 e. The van der Waals surface area contributed by atoms with Crippen LogP contribution in [0.2, 0.25) is 0 Å². The molecule has 1 aromatic heterocycles. The van der Waals surface area contributed by atoms with Crippen molar-refractivity contribution >= 4 is 22.6 Å². The van der Waals surface area contributed by atoms with Crippen LogP contribution in [0.25, 0.3) is 21.9 Å². The van der Waals surface area contributed by atoms with Gasteiger partial charge in [0.05, 0.1) is 17.7 Å². The molecule has 6 heteroatoms. The minimum absolute atomic E-state index is 0.0252. The van der Waals surface area contributed by atoms with Crippen LogP contribution in [0, 0.1) is 12.8 Å². The van der Waals surface area contributed by atoms with E-state index in [9.17, 15) is 14.4 Å². The number of fused-ring (bicyclic) bond motifs is 2. The summed E-state index contributed by atoms with van der Waals surface area (Å²) in [5, 5.41) is 1.28. The third-order valence-corrected chi connectivity index (χ3v) is 7.67. The summed E-state index contributed by atoms with van der Waals surface area (Å²) in [6, 6.07) is 30.4. The Kier molecular flexibility index (Phi) is 7.21. The van der Waals surface area contributed by atoms with Gasteiger partial charge in [-0.3, -0.25) is 19.3 Å². The smallest absolute Gasteiger partial charge is 0.261 e. The number of amides is 2. The molecule has 0 aliphatic carbocycles. The summed E-state index contributed by atoms with van der Waals surface area (Å²) in [7, 11) is 0. The standard InChI is InChI=1S/C36H32N2O4/c1-23(2)20-37-32(21-38-35(40)28-11-7-8-12-29(28)36(38)41)33(26-15-13-24(3)14-16-26)31-19-27(17-18-30(31)34(37)39)42-22-25-9-5-4-6-10-25/h4-19,23H,20-22H2,1-3H3. The quantitative estimate of drug-likeness (QED) is 0.193. The molecule has 1 aliphatic heterocycles. The van der Waals surface area contributed by atoms with E-state index < -0.39 is 0 Å². The van der Waals surface area contributed by atoms with Crippen molar-refractivity contribution in [2.45, 2.75) is 40.5 Å². The molecular weight excluding hydrogens is 524 g/mol. The molecule has 0 fully saturated rings. The highest BCUT2D eigenvalue weighted by Crippen LogP contribution is 2.36. The number of carbonyl (C=O) groups excluding carboxylic acids is 2. The van der Waals surface area contributed by atoms with E-state index in [1.165, 1.54) is 4.90 Å². The second-order valence-electron chi connectivity index (χ2n) is 11.2. The summed E-state index contributed by atoms with van der Waals surface area (Å²) in [6.07, 6.45) is 0. The molecule has 5 aromatic rings. The van der Waals surface area contributed by atoms with E-state index in [1.807, 2.05) is 79.7 Å². The van der Waals surface area contributed by atoms with Crippen LogP contribution < -0.4 is 10.3 Å². The van der Waals surface area contributed by atoms with Gasteiger partial charge in [-0.2, -0.15) is 0 Å². The zero-order chi connectivity index (χ0) is 29.4. The van der Waals surface area contributed by atoms with Gasteiger partial charge in [0.15, 0.2) is 0 Å². The second kappa shape index (κ2) is 11.1. The van der Waals surface area contributed by atoms with Crippen molar-refractivity contribution in [1.82, 2.24) is 9.47 Å². The van der Waals surface area contributed by atoms with Crippen LogP contribution in [-0.4, -0.2) is 21.3 Å². The van der Waals surface area contributed by atoms with Gasteiger partial charge in [0.2, 0.25) is 0 Å². The van der Waals surface area contributed by atoms with Crippen LogP contribution in [0.3, 0.4) is 0 Å². The molecule has 0 spiro atoms. The van der Waals surface area contributed by atoms with E-state index in [4.69, 9.17) is 4.74 Å². The summed E-state index contributed by atoms with van der Waals surface area (Å²) < 4.78 is 7.91. The Balaban J connectivity index is 1.55. The van der Waals surface area contributed by atoms with Crippen LogP contribution in [-0.2, 0) is 19.7 Å². The first-order chi connectivity index (χ1) is 20.3. The lowest BCUT2D eigenvalue weighted by atomic mass is 9.95. The largest absolute Gasteiger partial charge is 0.489 e. The lowest BCUT2D eigenvalue weighted by Crippen LogP contribution is -2.34. The first kappa shape index (κ1) is 27.2. The zero-order valence-corrected chi connectivity index (χ0v) is 24.0. The molecular formula is C36H32N2O4. The third-order valence-electron chi connectivity index (χ3n) is 7.67. The van der Waals surface area contributed by atoms with Crippen LogP contribution in [0.4, 0.5) is 0 Å². The number of rotatable bonds is 8. The molecule has 210 valence electrons. The number of aromatic nitrogens is 1. The fourth-order valence-electron chi connectivity index (χ4n) is 5.60. The Morgan fingerprint density at radius 2 is 1.38 bits per heavy atom. The second-order valence-corrected chi connectivity index (χ2v) is 11.2.